The fourth-order valence-corrected chi connectivity index (χ4v) is 1.99. The second-order valence-electron chi connectivity index (χ2n) is 3.62. The summed E-state index contributed by atoms with van der Waals surface area (Å²) in [7, 11) is 0. The van der Waals surface area contributed by atoms with Crippen molar-refractivity contribution in [2.24, 2.45) is 0 Å². The molecule has 0 radical (unpaired) electrons. The predicted molar refractivity (Wildman–Crippen MR) is 65.8 cm³/mol. The van der Waals surface area contributed by atoms with Gasteiger partial charge in [0.2, 0.25) is 0 Å². The highest BCUT2D eigenvalue weighted by Crippen LogP contribution is 2.22. The highest BCUT2D eigenvalue weighted by atomic mass is 35.5. The Balaban J connectivity index is 2.56. The van der Waals surface area contributed by atoms with E-state index in [0.29, 0.717) is 5.02 Å². The fourth-order valence-electron chi connectivity index (χ4n) is 1.66. The smallest absolute Gasteiger partial charge is 0.0719 e. The maximum absolute atomic E-state index is 6.00. The molecule has 0 saturated heterocycles. The number of fused-ring (bicyclic) bond motifs is 1. The van der Waals surface area contributed by atoms with Crippen LogP contribution in [0.25, 0.3) is 10.9 Å². The molecule has 0 aliphatic rings. The molecule has 0 spiro atoms. The van der Waals surface area contributed by atoms with Gasteiger partial charge in [-0.1, -0.05) is 17.7 Å². The van der Waals surface area contributed by atoms with Crippen LogP contribution in [0.3, 0.4) is 0 Å². The number of rotatable bonds is 2. The number of pyridine rings is 1. The van der Waals surface area contributed by atoms with E-state index in [1.807, 2.05) is 31.2 Å². The molecular formula is C12H11Cl2N. The zero-order valence-corrected chi connectivity index (χ0v) is 9.89. The van der Waals surface area contributed by atoms with Crippen LogP contribution < -0.4 is 0 Å². The van der Waals surface area contributed by atoms with Gasteiger partial charge in [0.15, 0.2) is 0 Å². The summed E-state index contributed by atoms with van der Waals surface area (Å²) in [6.07, 6.45) is 2.65. The van der Waals surface area contributed by atoms with E-state index >= 15 is 0 Å². The third-order valence-electron chi connectivity index (χ3n) is 2.30. The van der Waals surface area contributed by atoms with Crippen molar-refractivity contribution in [3.05, 3.63) is 41.0 Å². The molecule has 1 nitrogen and oxygen atoms in total. The van der Waals surface area contributed by atoms with E-state index in [1.54, 1.807) is 6.20 Å². The largest absolute Gasteiger partial charge is 0.256 e. The molecule has 0 saturated carbocycles. The van der Waals surface area contributed by atoms with E-state index in [4.69, 9.17) is 23.2 Å². The van der Waals surface area contributed by atoms with Gasteiger partial charge in [0.1, 0.15) is 0 Å². The van der Waals surface area contributed by atoms with Gasteiger partial charge in [-0.05, 0) is 37.1 Å². The minimum absolute atomic E-state index is 0.131. The molecule has 15 heavy (non-hydrogen) atoms. The summed E-state index contributed by atoms with van der Waals surface area (Å²) in [4.78, 5) is 4.28. The first-order valence-electron chi connectivity index (χ1n) is 4.84. The number of halogens is 2. The second kappa shape index (κ2) is 4.38. The van der Waals surface area contributed by atoms with Crippen LogP contribution in [0.2, 0.25) is 5.02 Å². The van der Waals surface area contributed by atoms with Crippen molar-refractivity contribution in [2.75, 3.05) is 0 Å². The van der Waals surface area contributed by atoms with Crippen LogP contribution in [0.4, 0.5) is 0 Å². The van der Waals surface area contributed by atoms with Crippen LogP contribution in [0, 0.1) is 0 Å². The average Bonchev–Trinajstić information content (AvgIpc) is 2.16. The minimum Gasteiger partial charge on any atom is -0.256 e. The van der Waals surface area contributed by atoms with E-state index < -0.39 is 0 Å². The van der Waals surface area contributed by atoms with Crippen LogP contribution in [0.15, 0.2) is 30.5 Å². The number of hydrogen-bond acceptors (Lipinski definition) is 1. The number of hydrogen-bond donors (Lipinski definition) is 0. The third kappa shape index (κ3) is 2.42. The molecule has 0 fully saturated rings. The Bertz CT molecular complexity index is 480. The standard InChI is InChI=1S/C12H11Cl2N/c1-8(13)6-9-4-5-15-12-7-10(14)2-3-11(9)12/h2-5,7-8H,6H2,1H3. The lowest BCUT2D eigenvalue weighted by Gasteiger charge is -2.07. The molecule has 1 unspecified atom stereocenters. The summed E-state index contributed by atoms with van der Waals surface area (Å²) in [6.45, 7) is 1.99. The van der Waals surface area contributed by atoms with Gasteiger partial charge >= 0.3 is 0 Å². The van der Waals surface area contributed by atoms with Crippen molar-refractivity contribution in [1.82, 2.24) is 4.98 Å². The van der Waals surface area contributed by atoms with Crippen molar-refractivity contribution in [1.29, 1.82) is 0 Å². The summed E-state index contributed by atoms with van der Waals surface area (Å²) in [5.74, 6) is 0. The van der Waals surface area contributed by atoms with Crippen LogP contribution in [-0.4, -0.2) is 10.4 Å². The Labute approximate surface area is 99.0 Å². The Hall–Kier alpha value is -0.790. The van der Waals surface area contributed by atoms with Gasteiger partial charge in [-0.25, -0.2) is 0 Å². The maximum Gasteiger partial charge on any atom is 0.0719 e. The highest BCUT2D eigenvalue weighted by molar-refractivity contribution is 6.31. The number of benzene rings is 1. The Kier molecular flexibility index (Phi) is 3.13. The molecule has 1 heterocycles. The van der Waals surface area contributed by atoms with Gasteiger partial charge in [-0.2, -0.15) is 0 Å². The zero-order chi connectivity index (χ0) is 10.8. The minimum atomic E-state index is 0.131. The normalized spacial score (nSPS) is 13.0. The molecule has 1 aromatic heterocycles. The lowest BCUT2D eigenvalue weighted by Crippen LogP contribution is -1.98. The molecule has 3 heteroatoms. The molecule has 0 amide bonds. The summed E-state index contributed by atoms with van der Waals surface area (Å²) >= 11 is 11.9. The summed E-state index contributed by atoms with van der Waals surface area (Å²) < 4.78 is 0. The molecule has 1 aromatic carbocycles. The van der Waals surface area contributed by atoms with Crippen LogP contribution in [-0.2, 0) is 6.42 Å². The summed E-state index contributed by atoms with van der Waals surface area (Å²) in [5.41, 5.74) is 2.15. The van der Waals surface area contributed by atoms with Gasteiger partial charge in [-0.3, -0.25) is 4.98 Å². The first-order valence-corrected chi connectivity index (χ1v) is 5.65. The highest BCUT2D eigenvalue weighted by Gasteiger charge is 2.05. The Morgan fingerprint density at radius 2 is 2.13 bits per heavy atom. The van der Waals surface area contributed by atoms with Crippen LogP contribution in [0.1, 0.15) is 12.5 Å². The molecule has 2 aromatic rings. The lowest BCUT2D eigenvalue weighted by atomic mass is 10.1. The van der Waals surface area contributed by atoms with Crippen LogP contribution >= 0.6 is 23.2 Å². The first kappa shape index (κ1) is 10.7. The van der Waals surface area contributed by atoms with Gasteiger partial charge in [0, 0.05) is 22.0 Å². The van der Waals surface area contributed by atoms with Gasteiger partial charge in [0.05, 0.1) is 5.52 Å². The fraction of sp³-hybridized carbons (Fsp3) is 0.250. The maximum atomic E-state index is 6.00. The van der Waals surface area contributed by atoms with Gasteiger partial charge in [-0.15, -0.1) is 11.6 Å². The average molecular weight is 240 g/mol. The number of nitrogens with zero attached hydrogens (tertiary/aromatic N) is 1. The molecule has 0 aliphatic carbocycles. The number of aromatic nitrogens is 1. The zero-order valence-electron chi connectivity index (χ0n) is 8.37. The van der Waals surface area contributed by atoms with Gasteiger partial charge < -0.3 is 0 Å². The van der Waals surface area contributed by atoms with Crippen molar-refractivity contribution >= 4 is 34.1 Å². The molecule has 0 bridgehead atoms. The quantitative estimate of drug-likeness (QED) is 0.721. The Morgan fingerprint density at radius 3 is 2.87 bits per heavy atom. The van der Waals surface area contributed by atoms with Crippen molar-refractivity contribution in [3.63, 3.8) is 0 Å². The molecule has 1 atom stereocenters. The van der Waals surface area contributed by atoms with Gasteiger partial charge in [0.25, 0.3) is 0 Å². The van der Waals surface area contributed by atoms with E-state index in [1.165, 1.54) is 5.56 Å². The second-order valence-corrected chi connectivity index (χ2v) is 4.80. The van der Waals surface area contributed by atoms with Crippen molar-refractivity contribution < 1.29 is 0 Å². The van der Waals surface area contributed by atoms with Crippen molar-refractivity contribution in [2.45, 2.75) is 18.7 Å². The topological polar surface area (TPSA) is 12.9 Å². The monoisotopic (exact) mass is 239 g/mol. The predicted octanol–water partition coefficient (Wildman–Crippen LogP) is 4.06. The van der Waals surface area contributed by atoms with E-state index in [-0.39, 0.29) is 5.38 Å². The van der Waals surface area contributed by atoms with Crippen LogP contribution in [0.5, 0.6) is 0 Å². The SMILES string of the molecule is CC(Cl)Cc1ccnc2cc(Cl)ccc12. The third-order valence-corrected chi connectivity index (χ3v) is 2.69. The van der Waals surface area contributed by atoms with E-state index in [9.17, 15) is 0 Å². The molecule has 0 aliphatic heterocycles. The first-order chi connectivity index (χ1) is 7.16. The lowest BCUT2D eigenvalue weighted by molar-refractivity contribution is 0.937. The molecular weight excluding hydrogens is 229 g/mol. The summed E-state index contributed by atoms with van der Waals surface area (Å²) in [6, 6.07) is 7.77. The molecule has 2 rings (SSSR count). The molecule has 0 N–H and O–H groups in total. The molecule has 78 valence electrons. The Morgan fingerprint density at radius 1 is 1.33 bits per heavy atom. The number of alkyl halides is 1. The van der Waals surface area contributed by atoms with E-state index in [0.717, 1.165) is 17.3 Å². The summed E-state index contributed by atoms with van der Waals surface area (Å²) in [5, 5.41) is 1.98. The van der Waals surface area contributed by atoms with Crippen molar-refractivity contribution in [3.8, 4) is 0 Å². The van der Waals surface area contributed by atoms with E-state index in [2.05, 4.69) is 4.98 Å².